The first-order valence-corrected chi connectivity index (χ1v) is 5.53. The van der Waals surface area contributed by atoms with Gasteiger partial charge in [0.25, 0.3) is 0 Å². The Morgan fingerprint density at radius 3 is 2.50 bits per heavy atom. The molecule has 4 heteroatoms. The van der Waals surface area contributed by atoms with E-state index < -0.39 is 5.97 Å². The predicted molar refractivity (Wildman–Crippen MR) is 69.5 cm³/mol. The van der Waals surface area contributed by atoms with Gasteiger partial charge < -0.3 is 5.11 Å². The number of aromatic nitrogens is 1. The lowest BCUT2D eigenvalue weighted by Gasteiger charge is -1.96. The first-order valence-electron chi connectivity index (χ1n) is 5.53. The van der Waals surface area contributed by atoms with Crippen molar-refractivity contribution in [3.05, 3.63) is 41.6 Å². The Bertz CT molecular complexity index is 665. The summed E-state index contributed by atoms with van der Waals surface area (Å²) in [6.45, 7) is 3.01. The Balaban J connectivity index is 2.69. The van der Waals surface area contributed by atoms with Crippen LogP contribution in [0.15, 0.2) is 36.0 Å². The smallest absolute Gasteiger partial charge is 0.331 e. The molecule has 0 fully saturated rings. The van der Waals surface area contributed by atoms with Crippen LogP contribution in [0.3, 0.4) is 0 Å². The van der Waals surface area contributed by atoms with Crippen LogP contribution in [-0.2, 0) is 4.79 Å². The van der Waals surface area contributed by atoms with E-state index in [1.54, 1.807) is 12.3 Å². The monoisotopic (exact) mass is 243 g/mol. The van der Waals surface area contributed by atoms with E-state index in [0.717, 1.165) is 16.5 Å². The number of para-hydroxylation sites is 1. The molecule has 0 unspecified atom stereocenters. The SMILES string of the molecule is CC(=O)n1cc(/C=C(\C)C(=O)O)c2ccccc21. The minimum atomic E-state index is -0.963. The molecule has 1 aromatic heterocycles. The number of aliphatic carboxylic acids is 1. The van der Waals surface area contributed by atoms with Gasteiger partial charge in [-0.3, -0.25) is 9.36 Å². The van der Waals surface area contributed by atoms with Crippen LogP contribution in [-0.4, -0.2) is 21.6 Å². The number of carbonyl (C=O) groups is 2. The van der Waals surface area contributed by atoms with Gasteiger partial charge in [-0.1, -0.05) is 18.2 Å². The molecule has 0 bridgehead atoms. The maximum atomic E-state index is 11.5. The van der Waals surface area contributed by atoms with Crippen LogP contribution in [0.4, 0.5) is 0 Å². The summed E-state index contributed by atoms with van der Waals surface area (Å²) < 4.78 is 1.52. The molecule has 4 nitrogen and oxygen atoms in total. The van der Waals surface area contributed by atoms with Crippen LogP contribution in [0.25, 0.3) is 17.0 Å². The van der Waals surface area contributed by atoms with Gasteiger partial charge in [-0.2, -0.15) is 0 Å². The van der Waals surface area contributed by atoms with Gasteiger partial charge in [0.05, 0.1) is 5.52 Å². The summed E-state index contributed by atoms with van der Waals surface area (Å²) in [7, 11) is 0. The fourth-order valence-electron chi connectivity index (χ4n) is 1.88. The predicted octanol–water partition coefficient (Wildman–Crippen LogP) is 2.79. The molecule has 0 saturated heterocycles. The van der Waals surface area contributed by atoms with Crippen molar-refractivity contribution in [3.8, 4) is 0 Å². The number of nitrogens with zero attached hydrogens (tertiary/aromatic N) is 1. The van der Waals surface area contributed by atoms with Crippen molar-refractivity contribution in [3.63, 3.8) is 0 Å². The second-order valence-corrected chi connectivity index (χ2v) is 4.12. The quantitative estimate of drug-likeness (QED) is 0.825. The van der Waals surface area contributed by atoms with Gasteiger partial charge >= 0.3 is 5.97 Å². The highest BCUT2D eigenvalue weighted by Crippen LogP contribution is 2.23. The van der Waals surface area contributed by atoms with E-state index in [9.17, 15) is 9.59 Å². The second kappa shape index (κ2) is 4.49. The Morgan fingerprint density at radius 1 is 1.22 bits per heavy atom. The van der Waals surface area contributed by atoms with E-state index >= 15 is 0 Å². The zero-order valence-electron chi connectivity index (χ0n) is 10.2. The molecule has 1 heterocycles. The first-order chi connectivity index (χ1) is 8.50. The number of carboxylic acid groups (broad SMARTS) is 1. The van der Waals surface area contributed by atoms with Crippen molar-refractivity contribution in [1.82, 2.24) is 4.57 Å². The molecule has 92 valence electrons. The van der Waals surface area contributed by atoms with Crippen molar-refractivity contribution < 1.29 is 14.7 Å². The topological polar surface area (TPSA) is 59.3 Å². The van der Waals surface area contributed by atoms with E-state index in [-0.39, 0.29) is 11.5 Å². The van der Waals surface area contributed by atoms with Gasteiger partial charge in [-0.05, 0) is 19.1 Å². The van der Waals surface area contributed by atoms with Crippen molar-refractivity contribution in [2.24, 2.45) is 0 Å². The fourth-order valence-corrected chi connectivity index (χ4v) is 1.88. The maximum absolute atomic E-state index is 11.5. The lowest BCUT2D eigenvalue weighted by Crippen LogP contribution is -2.02. The molecule has 1 aromatic carbocycles. The van der Waals surface area contributed by atoms with Crippen LogP contribution in [0.5, 0.6) is 0 Å². The summed E-state index contributed by atoms with van der Waals surface area (Å²) in [5.41, 5.74) is 1.76. The molecule has 0 amide bonds. The highest BCUT2D eigenvalue weighted by atomic mass is 16.4. The molecule has 0 saturated carbocycles. The summed E-state index contributed by atoms with van der Waals surface area (Å²) >= 11 is 0. The molecule has 0 atom stereocenters. The lowest BCUT2D eigenvalue weighted by molar-refractivity contribution is -0.132. The van der Waals surface area contributed by atoms with Gasteiger partial charge in [0, 0.05) is 29.6 Å². The van der Waals surface area contributed by atoms with E-state index in [1.807, 2.05) is 24.3 Å². The Hall–Kier alpha value is -2.36. The van der Waals surface area contributed by atoms with Gasteiger partial charge in [0.2, 0.25) is 5.91 Å². The zero-order valence-corrected chi connectivity index (χ0v) is 10.2. The van der Waals surface area contributed by atoms with Crippen molar-refractivity contribution in [1.29, 1.82) is 0 Å². The number of carbonyl (C=O) groups excluding carboxylic acids is 1. The van der Waals surface area contributed by atoms with Gasteiger partial charge in [-0.25, -0.2) is 4.79 Å². The molecule has 18 heavy (non-hydrogen) atoms. The number of rotatable bonds is 2. The minimum absolute atomic E-state index is 0.0983. The third-order valence-corrected chi connectivity index (χ3v) is 2.79. The van der Waals surface area contributed by atoms with Crippen molar-refractivity contribution in [2.75, 3.05) is 0 Å². The molecular formula is C14H13NO3. The minimum Gasteiger partial charge on any atom is -0.478 e. The fraction of sp³-hybridized carbons (Fsp3) is 0.143. The first kappa shape index (κ1) is 12.1. The summed E-state index contributed by atoms with van der Waals surface area (Å²) in [5, 5.41) is 9.76. The van der Waals surface area contributed by atoms with Crippen LogP contribution in [0.2, 0.25) is 0 Å². The molecule has 0 spiro atoms. The summed E-state index contributed by atoms with van der Waals surface area (Å²) in [6, 6.07) is 7.42. The largest absolute Gasteiger partial charge is 0.478 e. The normalized spacial score (nSPS) is 11.8. The third-order valence-electron chi connectivity index (χ3n) is 2.79. The number of fused-ring (bicyclic) bond motifs is 1. The molecule has 1 N–H and O–H groups in total. The molecule has 0 radical (unpaired) electrons. The third kappa shape index (κ3) is 2.05. The number of hydrogen-bond donors (Lipinski definition) is 1. The zero-order chi connectivity index (χ0) is 13.3. The highest BCUT2D eigenvalue weighted by Gasteiger charge is 2.10. The maximum Gasteiger partial charge on any atom is 0.331 e. The summed E-state index contributed by atoms with van der Waals surface area (Å²) in [4.78, 5) is 22.4. The molecule has 0 aliphatic rings. The molecule has 0 aliphatic carbocycles. The van der Waals surface area contributed by atoms with Crippen molar-refractivity contribution >= 4 is 28.9 Å². The Kier molecular flexibility index (Phi) is 3.02. The Morgan fingerprint density at radius 2 is 1.89 bits per heavy atom. The van der Waals surface area contributed by atoms with E-state index in [4.69, 9.17) is 5.11 Å². The Labute approximate surface area is 104 Å². The van der Waals surface area contributed by atoms with E-state index in [1.165, 1.54) is 18.4 Å². The van der Waals surface area contributed by atoms with Crippen LogP contribution < -0.4 is 0 Å². The second-order valence-electron chi connectivity index (χ2n) is 4.12. The summed E-state index contributed by atoms with van der Waals surface area (Å²) in [6.07, 6.45) is 3.24. The van der Waals surface area contributed by atoms with E-state index in [0.29, 0.717) is 0 Å². The number of hydrogen-bond acceptors (Lipinski definition) is 2. The lowest BCUT2D eigenvalue weighted by atomic mass is 10.1. The van der Waals surface area contributed by atoms with Crippen LogP contribution in [0, 0.1) is 0 Å². The van der Waals surface area contributed by atoms with Gasteiger partial charge in [0.1, 0.15) is 0 Å². The summed E-state index contributed by atoms with van der Waals surface area (Å²) in [5.74, 6) is -1.06. The highest BCUT2D eigenvalue weighted by molar-refractivity contribution is 6.00. The van der Waals surface area contributed by atoms with E-state index in [2.05, 4.69) is 0 Å². The molecule has 2 rings (SSSR count). The average Bonchev–Trinajstić information content (AvgIpc) is 2.68. The molecule has 0 aliphatic heterocycles. The van der Waals surface area contributed by atoms with Gasteiger partial charge in [-0.15, -0.1) is 0 Å². The number of carboxylic acids is 1. The molecule has 2 aromatic rings. The van der Waals surface area contributed by atoms with Crippen molar-refractivity contribution in [2.45, 2.75) is 13.8 Å². The average molecular weight is 243 g/mol. The number of benzene rings is 1. The van der Waals surface area contributed by atoms with Crippen LogP contribution in [0.1, 0.15) is 24.2 Å². The van der Waals surface area contributed by atoms with Gasteiger partial charge in [0.15, 0.2) is 0 Å². The van der Waals surface area contributed by atoms with Crippen LogP contribution >= 0.6 is 0 Å². The molecular weight excluding hydrogens is 230 g/mol. The standard InChI is InChI=1S/C14H13NO3/c1-9(14(17)18)7-11-8-15(10(2)16)13-6-4-3-5-12(11)13/h3-8H,1-2H3,(H,17,18)/b9-7+.